The average molecular weight is 214 g/mol. The van der Waals surface area contributed by atoms with E-state index < -0.39 is 28.6 Å². The quantitative estimate of drug-likeness (QED) is 0.582. The maximum Gasteiger partial charge on any atom is 0.277 e. The lowest BCUT2D eigenvalue weighted by molar-refractivity contribution is -0.386. The van der Waals surface area contributed by atoms with Crippen molar-refractivity contribution in [3.05, 3.63) is 39.7 Å². The summed E-state index contributed by atoms with van der Waals surface area (Å²) < 4.78 is 12.8. The summed E-state index contributed by atoms with van der Waals surface area (Å²) >= 11 is 0. The monoisotopic (exact) mass is 214 g/mol. The third-order valence-electron chi connectivity index (χ3n) is 2.07. The Labute approximate surface area is 85.5 Å². The van der Waals surface area contributed by atoms with Crippen LogP contribution in [0.1, 0.15) is 18.5 Å². The molecule has 0 spiro atoms. The van der Waals surface area contributed by atoms with E-state index in [1.165, 1.54) is 13.0 Å². The predicted molar refractivity (Wildman–Crippen MR) is 51.7 cm³/mol. The molecule has 1 aromatic carbocycles. The predicted octanol–water partition coefficient (Wildman–Crippen LogP) is 1.11. The average Bonchev–Trinajstić information content (AvgIpc) is 2.16. The van der Waals surface area contributed by atoms with Crippen LogP contribution in [0.5, 0.6) is 0 Å². The Hall–Kier alpha value is -1.53. The molecule has 1 rings (SSSR count). The second kappa shape index (κ2) is 4.33. The number of aliphatic hydroxyl groups excluding tert-OH is 1. The van der Waals surface area contributed by atoms with Crippen LogP contribution in [-0.2, 0) is 0 Å². The van der Waals surface area contributed by atoms with Crippen molar-refractivity contribution >= 4 is 5.69 Å². The number of nitro groups is 1. The molecule has 0 unspecified atom stereocenters. The zero-order valence-electron chi connectivity index (χ0n) is 8.05. The van der Waals surface area contributed by atoms with Crippen molar-refractivity contribution in [2.75, 3.05) is 0 Å². The second-order valence-corrected chi connectivity index (χ2v) is 3.23. The second-order valence-electron chi connectivity index (χ2n) is 3.23. The molecule has 6 heteroatoms. The van der Waals surface area contributed by atoms with Gasteiger partial charge in [0.25, 0.3) is 5.69 Å². The highest BCUT2D eigenvalue weighted by Gasteiger charge is 2.22. The van der Waals surface area contributed by atoms with Gasteiger partial charge in [-0.25, -0.2) is 4.39 Å². The van der Waals surface area contributed by atoms with E-state index >= 15 is 0 Å². The molecule has 0 aromatic heterocycles. The first-order valence-corrected chi connectivity index (χ1v) is 4.31. The van der Waals surface area contributed by atoms with Crippen molar-refractivity contribution in [3.8, 4) is 0 Å². The molecule has 1 aromatic rings. The summed E-state index contributed by atoms with van der Waals surface area (Å²) in [6.07, 6.45) is -0.936. The molecule has 0 saturated carbocycles. The van der Waals surface area contributed by atoms with Crippen LogP contribution in [0.4, 0.5) is 10.1 Å². The molecule has 0 aliphatic carbocycles. The van der Waals surface area contributed by atoms with Crippen molar-refractivity contribution in [2.24, 2.45) is 5.73 Å². The van der Waals surface area contributed by atoms with Crippen LogP contribution >= 0.6 is 0 Å². The third-order valence-corrected chi connectivity index (χ3v) is 2.07. The van der Waals surface area contributed by atoms with Gasteiger partial charge in [0, 0.05) is 5.56 Å². The normalized spacial score (nSPS) is 14.7. The van der Waals surface area contributed by atoms with E-state index in [2.05, 4.69) is 0 Å². The van der Waals surface area contributed by atoms with E-state index in [0.29, 0.717) is 0 Å². The number of nitrogens with zero attached hydrogens (tertiary/aromatic N) is 1. The highest BCUT2D eigenvalue weighted by atomic mass is 19.1. The SMILES string of the molecule is C[C@@H](O)[C@@H](N)c1ccc(F)cc1[N+](=O)[O-]. The highest BCUT2D eigenvalue weighted by molar-refractivity contribution is 5.42. The Bertz CT molecular complexity index is 382. The van der Waals surface area contributed by atoms with E-state index in [-0.39, 0.29) is 5.56 Å². The summed E-state index contributed by atoms with van der Waals surface area (Å²) in [6.45, 7) is 1.41. The van der Waals surface area contributed by atoms with Gasteiger partial charge in [0.2, 0.25) is 0 Å². The van der Waals surface area contributed by atoms with Crippen LogP contribution in [0.2, 0.25) is 0 Å². The summed E-state index contributed by atoms with van der Waals surface area (Å²) in [5.41, 5.74) is 5.26. The van der Waals surface area contributed by atoms with Crippen LogP contribution < -0.4 is 5.73 Å². The van der Waals surface area contributed by atoms with E-state index in [0.717, 1.165) is 12.1 Å². The van der Waals surface area contributed by atoms with Gasteiger partial charge in [0.15, 0.2) is 0 Å². The van der Waals surface area contributed by atoms with Crippen LogP contribution in [0.3, 0.4) is 0 Å². The zero-order valence-corrected chi connectivity index (χ0v) is 8.05. The fraction of sp³-hybridized carbons (Fsp3) is 0.333. The summed E-state index contributed by atoms with van der Waals surface area (Å²) in [5.74, 6) is -0.705. The van der Waals surface area contributed by atoms with Crippen LogP contribution in [0.15, 0.2) is 18.2 Å². The standard InChI is InChI=1S/C9H11FN2O3/c1-5(13)9(11)7-3-2-6(10)4-8(7)12(14)15/h2-5,9,13H,11H2,1H3/t5-,9-/m1/s1. The lowest BCUT2D eigenvalue weighted by Crippen LogP contribution is -2.24. The lowest BCUT2D eigenvalue weighted by Gasteiger charge is -2.14. The van der Waals surface area contributed by atoms with Gasteiger partial charge in [0.1, 0.15) is 5.82 Å². The molecular weight excluding hydrogens is 203 g/mol. The summed E-state index contributed by atoms with van der Waals surface area (Å²) in [4.78, 5) is 9.88. The number of nitro benzene ring substituents is 1. The molecule has 0 amide bonds. The van der Waals surface area contributed by atoms with Gasteiger partial charge >= 0.3 is 0 Å². The molecule has 0 aliphatic rings. The maximum absolute atomic E-state index is 12.8. The van der Waals surface area contributed by atoms with E-state index in [1.54, 1.807) is 0 Å². The van der Waals surface area contributed by atoms with Gasteiger partial charge in [-0.05, 0) is 19.1 Å². The fourth-order valence-electron chi connectivity index (χ4n) is 1.22. The number of hydrogen-bond donors (Lipinski definition) is 2. The lowest BCUT2D eigenvalue weighted by atomic mass is 10.0. The largest absolute Gasteiger partial charge is 0.391 e. The Morgan fingerprint density at radius 2 is 2.20 bits per heavy atom. The first-order chi connectivity index (χ1) is 6.93. The molecule has 0 heterocycles. The minimum atomic E-state index is -0.936. The zero-order chi connectivity index (χ0) is 11.6. The van der Waals surface area contributed by atoms with E-state index in [1.807, 2.05) is 0 Å². The molecule has 2 atom stereocenters. The van der Waals surface area contributed by atoms with Gasteiger partial charge in [-0.2, -0.15) is 0 Å². The van der Waals surface area contributed by atoms with Crippen LogP contribution in [0, 0.1) is 15.9 Å². The topological polar surface area (TPSA) is 89.4 Å². The number of aliphatic hydroxyl groups is 1. The Morgan fingerprint density at radius 3 is 2.67 bits per heavy atom. The molecule has 0 radical (unpaired) electrons. The van der Waals surface area contributed by atoms with Crippen LogP contribution in [-0.4, -0.2) is 16.1 Å². The Morgan fingerprint density at radius 1 is 1.60 bits per heavy atom. The molecule has 3 N–H and O–H groups in total. The molecule has 82 valence electrons. The third kappa shape index (κ3) is 2.48. The molecular formula is C9H11FN2O3. The van der Waals surface area contributed by atoms with Gasteiger partial charge in [-0.1, -0.05) is 0 Å². The molecule has 0 aliphatic heterocycles. The molecule has 0 saturated heterocycles. The molecule has 5 nitrogen and oxygen atoms in total. The number of halogens is 1. The van der Waals surface area contributed by atoms with Crippen LogP contribution in [0.25, 0.3) is 0 Å². The number of rotatable bonds is 3. The smallest absolute Gasteiger partial charge is 0.277 e. The Kier molecular flexibility index (Phi) is 3.33. The summed E-state index contributed by atoms with van der Waals surface area (Å²) in [6, 6.07) is 2.18. The van der Waals surface area contributed by atoms with Gasteiger partial charge in [-0.3, -0.25) is 10.1 Å². The van der Waals surface area contributed by atoms with Crippen molar-refractivity contribution in [3.63, 3.8) is 0 Å². The maximum atomic E-state index is 12.8. The summed E-state index contributed by atoms with van der Waals surface area (Å²) in [7, 11) is 0. The minimum Gasteiger partial charge on any atom is -0.391 e. The summed E-state index contributed by atoms with van der Waals surface area (Å²) in [5, 5.41) is 19.8. The van der Waals surface area contributed by atoms with Crippen molar-refractivity contribution < 1.29 is 14.4 Å². The Balaban J connectivity index is 3.22. The molecule has 0 bridgehead atoms. The number of nitrogens with two attached hydrogens (primary N) is 1. The van der Waals surface area contributed by atoms with Crippen molar-refractivity contribution in [2.45, 2.75) is 19.1 Å². The van der Waals surface area contributed by atoms with Gasteiger partial charge in [-0.15, -0.1) is 0 Å². The van der Waals surface area contributed by atoms with Gasteiger partial charge < -0.3 is 10.8 Å². The number of hydrogen-bond acceptors (Lipinski definition) is 4. The van der Waals surface area contributed by atoms with E-state index in [4.69, 9.17) is 5.73 Å². The van der Waals surface area contributed by atoms with E-state index in [9.17, 15) is 19.6 Å². The van der Waals surface area contributed by atoms with Crippen molar-refractivity contribution in [1.29, 1.82) is 0 Å². The first-order valence-electron chi connectivity index (χ1n) is 4.31. The van der Waals surface area contributed by atoms with Gasteiger partial charge in [0.05, 0.1) is 23.1 Å². The molecule has 15 heavy (non-hydrogen) atoms. The minimum absolute atomic E-state index is 0.122. The first kappa shape index (κ1) is 11.5. The fourth-order valence-corrected chi connectivity index (χ4v) is 1.22. The number of benzene rings is 1. The molecule has 0 fully saturated rings. The van der Waals surface area contributed by atoms with Crippen molar-refractivity contribution in [1.82, 2.24) is 0 Å². The highest BCUT2D eigenvalue weighted by Crippen LogP contribution is 2.26.